The molecule has 19 heavy (non-hydrogen) atoms. The van der Waals surface area contributed by atoms with Crippen LogP contribution in [-0.4, -0.2) is 7.11 Å². The average molecular weight is 303 g/mol. The van der Waals surface area contributed by atoms with E-state index in [1.807, 2.05) is 0 Å². The summed E-state index contributed by atoms with van der Waals surface area (Å²) in [7, 11) is 1.55. The molecule has 2 aromatic rings. The Kier molecular flexibility index (Phi) is 4.27. The van der Waals surface area contributed by atoms with Crippen LogP contribution in [0.3, 0.4) is 0 Å². The van der Waals surface area contributed by atoms with Crippen LogP contribution in [0.5, 0.6) is 5.75 Å². The molecule has 0 saturated carbocycles. The molecule has 1 atom stereocenters. The van der Waals surface area contributed by atoms with Crippen LogP contribution in [0.2, 0.25) is 5.02 Å². The highest BCUT2D eigenvalue weighted by atomic mass is 35.5. The highest BCUT2D eigenvalue weighted by molar-refractivity contribution is 6.33. The monoisotopic (exact) mass is 302 g/mol. The predicted octanol–water partition coefficient (Wildman–Crippen LogP) is 4.96. The van der Waals surface area contributed by atoms with Gasteiger partial charge >= 0.3 is 0 Å². The van der Waals surface area contributed by atoms with Crippen molar-refractivity contribution in [1.82, 2.24) is 0 Å². The second-order valence-corrected chi connectivity index (χ2v) is 4.77. The van der Waals surface area contributed by atoms with E-state index in [4.69, 9.17) is 27.9 Å². The molecule has 0 N–H and O–H groups in total. The number of alkyl halides is 1. The van der Waals surface area contributed by atoms with Crippen LogP contribution in [0.1, 0.15) is 16.5 Å². The van der Waals surface area contributed by atoms with Gasteiger partial charge in [0.2, 0.25) is 0 Å². The molecule has 0 aliphatic carbocycles. The maximum atomic E-state index is 13.2. The summed E-state index contributed by atoms with van der Waals surface area (Å²) in [6.45, 7) is 0. The predicted molar refractivity (Wildman–Crippen MR) is 72.1 cm³/mol. The van der Waals surface area contributed by atoms with Gasteiger partial charge in [-0.1, -0.05) is 23.7 Å². The maximum absolute atomic E-state index is 13.2. The quantitative estimate of drug-likeness (QED) is 0.575. The number of methoxy groups -OCH3 is 1. The third kappa shape index (κ3) is 2.99. The van der Waals surface area contributed by atoms with Gasteiger partial charge in [0.05, 0.1) is 12.5 Å². The molecule has 0 amide bonds. The van der Waals surface area contributed by atoms with E-state index in [1.165, 1.54) is 0 Å². The van der Waals surface area contributed by atoms with E-state index in [0.717, 1.165) is 17.7 Å². The summed E-state index contributed by atoms with van der Waals surface area (Å²) in [5.41, 5.74) is 1.04. The van der Waals surface area contributed by atoms with Gasteiger partial charge in [-0.05, 0) is 35.4 Å². The van der Waals surface area contributed by atoms with E-state index >= 15 is 0 Å². The fourth-order valence-corrected chi connectivity index (χ4v) is 2.33. The highest BCUT2D eigenvalue weighted by Gasteiger charge is 2.17. The summed E-state index contributed by atoms with van der Waals surface area (Å²) < 4.78 is 31.3. The molecule has 1 nitrogen and oxygen atoms in total. The molecule has 2 rings (SSSR count). The molecule has 0 aliphatic heterocycles. The SMILES string of the molecule is COc1ccc(C(Cl)c2cc(F)c(F)cc2Cl)cc1. The molecule has 0 radical (unpaired) electrons. The minimum atomic E-state index is -0.993. The van der Waals surface area contributed by atoms with E-state index in [1.54, 1.807) is 31.4 Å². The van der Waals surface area contributed by atoms with Gasteiger partial charge in [0.15, 0.2) is 11.6 Å². The molecule has 0 bridgehead atoms. The van der Waals surface area contributed by atoms with Crippen molar-refractivity contribution < 1.29 is 13.5 Å². The highest BCUT2D eigenvalue weighted by Crippen LogP contribution is 2.35. The summed E-state index contributed by atoms with van der Waals surface area (Å²) >= 11 is 12.1. The summed E-state index contributed by atoms with van der Waals surface area (Å²) in [4.78, 5) is 0. The molecule has 5 heteroatoms. The maximum Gasteiger partial charge on any atom is 0.160 e. The number of benzene rings is 2. The Morgan fingerprint density at radius 2 is 1.63 bits per heavy atom. The fraction of sp³-hybridized carbons (Fsp3) is 0.143. The standard InChI is InChI=1S/C14H10Cl2F2O/c1-19-9-4-2-8(3-5-9)14(16)10-6-12(17)13(18)7-11(10)15/h2-7,14H,1H3. The van der Waals surface area contributed by atoms with Gasteiger partial charge in [0.1, 0.15) is 5.75 Å². The Morgan fingerprint density at radius 1 is 1.05 bits per heavy atom. The van der Waals surface area contributed by atoms with Crippen LogP contribution in [0.4, 0.5) is 8.78 Å². The van der Waals surface area contributed by atoms with Gasteiger partial charge in [-0.2, -0.15) is 0 Å². The lowest BCUT2D eigenvalue weighted by atomic mass is 10.0. The van der Waals surface area contributed by atoms with Crippen LogP contribution in [0.15, 0.2) is 36.4 Å². The molecule has 2 aromatic carbocycles. The molecular weight excluding hydrogens is 293 g/mol. The van der Waals surface area contributed by atoms with Gasteiger partial charge in [-0.15, -0.1) is 11.6 Å². The minimum absolute atomic E-state index is 0.0923. The second-order valence-electron chi connectivity index (χ2n) is 3.92. The molecule has 1 unspecified atom stereocenters. The first-order valence-electron chi connectivity index (χ1n) is 5.45. The molecule has 100 valence electrons. The van der Waals surface area contributed by atoms with Gasteiger partial charge in [-0.3, -0.25) is 0 Å². The normalized spacial score (nSPS) is 12.3. The lowest BCUT2D eigenvalue weighted by molar-refractivity contribution is 0.414. The largest absolute Gasteiger partial charge is 0.497 e. The Morgan fingerprint density at radius 3 is 2.21 bits per heavy atom. The Hall–Kier alpha value is -1.32. The third-order valence-corrected chi connectivity index (χ3v) is 3.54. The Balaban J connectivity index is 2.37. The van der Waals surface area contributed by atoms with Crippen LogP contribution < -0.4 is 4.74 Å². The molecule has 0 saturated heterocycles. The summed E-state index contributed by atoms with van der Waals surface area (Å²) in [6, 6.07) is 8.89. The average Bonchev–Trinajstić information content (AvgIpc) is 2.42. The van der Waals surface area contributed by atoms with Crippen molar-refractivity contribution in [3.63, 3.8) is 0 Å². The van der Waals surface area contributed by atoms with Crippen LogP contribution >= 0.6 is 23.2 Å². The summed E-state index contributed by atoms with van der Waals surface area (Å²) in [6.07, 6.45) is 0. The van der Waals surface area contributed by atoms with Gasteiger partial charge < -0.3 is 4.74 Å². The molecule has 0 aromatic heterocycles. The first kappa shape index (κ1) is 14.1. The van der Waals surface area contributed by atoms with Gasteiger partial charge in [0.25, 0.3) is 0 Å². The number of hydrogen-bond acceptors (Lipinski definition) is 1. The molecular formula is C14H10Cl2F2O. The fourth-order valence-electron chi connectivity index (χ4n) is 1.68. The van der Waals surface area contributed by atoms with Crippen molar-refractivity contribution >= 4 is 23.2 Å². The first-order valence-corrected chi connectivity index (χ1v) is 6.27. The van der Waals surface area contributed by atoms with E-state index in [9.17, 15) is 8.78 Å². The number of rotatable bonds is 3. The van der Waals surface area contributed by atoms with Crippen LogP contribution in [0, 0.1) is 11.6 Å². The zero-order valence-corrected chi connectivity index (χ0v) is 11.5. The smallest absolute Gasteiger partial charge is 0.160 e. The lowest BCUT2D eigenvalue weighted by Gasteiger charge is -2.13. The minimum Gasteiger partial charge on any atom is -0.497 e. The molecule has 0 fully saturated rings. The van der Waals surface area contributed by atoms with Crippen LogP contribution in [-0.2, 0) is 0 Å². The van der Waals surface area contributed by atoms with Crippen molar-refractivity contribution in [2.24, 2.45) is 0 Å². The molecule has 0 heterocycles. The van der Waals surface area contributed by atoms with E-state index < -0.39 is 17.0 Å². The topological polar surface area (TPSA) is 9.23 Å². The summed E-state index contributed by atoms with van der Waals surface area (Å²) in [5, 5.41) is -0.566. The van der Waals surface area contributed by atoms with Crippen molar-refractivity contribution in [2.45, 2.75) is 5.38 Å². The summed E-state index contributed by atoms with van der Waals surface area (Å²) in [5.74, 6) is -1.28. The number of ether oxygens (including phenoxy) is 1. The second kappa shape index (κ2) is 5.76. The Bertz CT molecular complexity index is 585. The lowest BCUT2D eigenvalue weighted by Crippen LogP contribution is -1.97. The molecule has 0 spiro atoms. The van der Waals surface area contributed by atoms with Gasteiger partial charge in [-0.25, -0.2) is 8.78 Å². The zero-order valence-electron chi connectivity index (χ0n) is 9.96. The number of halogens is 4. The van der Waals surface area contributed by atoms with Crippen molar-refractivity contribution in [3.8, 4) is 5.75 Å². The van der Waals surface area contributed by atoms with E-state index in [2.05, 4.69) is 0 Å². The van der Waals surface area contributed by atoms with Crippen molar-refractivity contribution in [2.75, 3.05) is 7.11 Å². The number of hydrogen-bond donors (Lipinski definition) is 0. The zero-order chi connectivity index (χ0) is 14.0. The van der Waals surface area contributed by atoms with Crippen molar-refractivity contribution in [3.05, 3.63) is 64.2 Å². The van der Waals surface area contributed by atoms with Crippen molar-refractivity contribution in [1.29, 1.82) is 0 Å². The van der Waals surface area contributed by atoms with Crippen LogP contribution in [0.25, 0.3) is 0 Å². The molecule has 0 aliphatic rings. The Labute approximate surface area is 119 Å². The third-order valence-electron chi connectivity index (χ3n) is 2.72. The van der Waals surface area contributed by atoms with E-state index in [0.29, 0.717) is 11.3 Å². The van der Waals surface area contributed by atoms with E-state index in [-0.39, 0.29) is 5.02 Å². The first-order chi connectivity index (χ1) is 9.02. The van der Waals surface area contributed by atoms with Gasteiger partial charge in [0, 0.05) is 5.02 Å².